The lowest BCUT2D eigenvalue weighted by molar-refractivity contribution is -0.119. The second kappa shape index (κ2) is 12.4. The average molecular weight is 466 g/mol. The number of carbonyl (C=O) groups excluding carboxylic acids is 2. The van der Waals surface area contributed by atoms with Crippen LogP contribution in [0.15, 0.2) is 77.9 Å². The van der Waals surface area contributed by atoms with Gasteiger partial charge in [-0.05, 0) is 72.1 Å². The quantitative estimate of drug-likeness (QED) is 0.340. The van der Waals surface area contributed by atoms with Crippen molar-refractivity contribution >= 4 is 35.5 Å². The molecular formula is C25H24FN3O3S. The van der Waals surface area contributed by atoms with Crippen molar-refractivity contribution in [3.63, 3.8) is 0 Å². The van der Waals surface area contributed by atoms with Gasteiger partial charge in [-0.25, -0.2) is 9.82 Å². The molecule has 0 aromatic heterocycles. The van der Waals surface area contributed by atoms with Crippen molar-refractivity contribution in [3.05, 3.63) is 95.3 Å². The van der Waals surface area contributed by atoms with Crippen molar-refractivity contribution in [2.75, 3.05) is 17.7 Å². The zero-order valence-corrected chi connectivity index (χ0v) is 18.9. The van der Waals surface area contributed by atoms with E-state index < -0.39 is 0 Å². The molecule has 0 spiro atoms. The Morgan fingerprint density at radius 1 is 1.00 bits per heavy atom. The van der Waals surface area contributed by atoms with Crippen LogP contribution >= 0.6 is 11.8 Å². The van der Waals surface area contributed by atoms with Gasteiger partial charge in [0.1, 0.15) is 11.6 Å². The fourth-order valence-corrected chi connectivity index (χ4v) is 3.66. The molecule has 0 atom stereocenters. The summed E-state index contributed by atoms with van der Waals surface area (Å²) in [7, 11) is 0. The first-order chi connectivity index (χ1) is 16.0. The van der Waals surface area contributed by atoms with Crippen LogP contribution in [0.2, 0.25) is 0 Å². The molecular weight excluding hydrogens is 441 g/mol. The van der Waals surface area contributed by atoms with Crippen molar-refractivity contribution in [1.29, 1.82) is 0 Å². The third kappa shape index (κ3) is 8.42. The van der Waals surface area contributed by atoms with Crippen LogP contribution in [0.3, 0.4) is 0 Å². The number of hydrogen-bond donors (Lipinski definition) is 2. The van der Waals surface area contributed by atoms with Crippen molar-refractivity contribution in [1.82, 2.24) is 5.43 Å². The molecule has 170 valence electrons. The van der Waals surface area contributed by atoms with Gasteiger partial charge in [-0.2, -0.15) is 5.10 Å². The molecule has 0 unspecified atom stereocenters. The molecule has 33 heavy (non-hydrogen) atoms. The third-order valence-corrected chi connectivity index (χ3v) is 5.51. The minimum absolute atomic E-state index is 0.169. The van der Waals surface area contributed by atoms with E-state index in [2.05, 4.69) is 34.9 Å². The smallest absolute Gasteiger partial charge is 0.262 e. The molecule has 3 aromatic carbocycles. The van der Waals surface area contributed by atoms with E-state index in [0.717, 1.165) is 11.3 Å². The van der Waals surface area contributed by atoms with Gasteiger partial charge in [0.25, 0.3) is 5.91 Å². The molecule has 0 saturated carbocycles. The summed E-state index contributed by atoms with van der Waals surface area (Å²) < 4.78 is 18.3. The lowest BCUT2D eigenvalue weighted by Crippen LogP contribution is -2.20. The Kier molecular flexibility index (Phi) is 9.02. The van der Waals surface area contributed by atoms with Crippen LogP contribution in [-0.4, -0.2) is 30.4 Å². The Labute approximate surface area is 196 Å². The molecule has 8 heteroatoms. The number of benzene rings is 3. The highest BCUT2D eigenvalue weighted by Crippen LogP contribution is 2.15. The summed E-state index contributed by atoms with van der Waals surface area (Å²) in [6.45, 7) is 1.88. The van der Waals surface area contributed by atoms with Gasteiger partial charge in [-0.15, -0.1) is 11.8 Å². The van der Waals surface area contributed by atoms with Crippen molar-refractivity contribution in [2.45, 2.75) is 12.7 Å². The van der Waals surface area contributed by atoms with Gasteiger partial charge < -0.3 is 10.1 Å². The Bertz CT molecular complexity index is 1100. The number of nitrogens with one attached hydrogen (secondary N) is 2. The molecule has 3 rings (SSSR count). The predicted octanol–water partition coefficient (Wildman–Crippen LogP) is 4.54. The van der Waals surface area contributed by atoms with E-state index in [1.54, 1.807) is 24.3 Å². The Balaban J connectivity index is 1.36. The summed E-state index contributed by atoms with van der Waals surface area (Å²) in [5.41, 5.74) is 6.21. The molecule has 0 radical (unpaired) electrons. The van der Waals surface area contributed by atoms with E-state index >= 15 is 0 Å². The van der Waals surface area contributed by atoms with Gasteiger partial charge in [0.05, 0.1) is 12.0 Å². The maximum atomic E-state index is 12.9. The summed E-state index contributed by atoms with van der Waals surface area (Å²) >= 11 is 1.53. The first kappa shape index (κ1) is 24.0. The van der Waals surface area contributed by atoms with E-state index in [4.69, 9.17) is 4.74 Å². The summed E-state index contributed by atoms with van der Waals surface area (Å²) in [4.78, 5) is 23.9. The van der Waals surface area contributed by atoms with Crippen LogP contribution in [0.5, 0.6) is 5.75 Å². The van der Waals surface area contributed by atoms with E-state index in [1.807, 2.05) is 12.1 Å². The molecule has 0 fully saturated rings. The van der Waals surface area contributed by atoms with Crippen molar-refractivity contribution in [2.24, 2.45) is 5.10 Å². The number of thioether (sulfide) groups is 1. The normalized spacial score (nSPS) is 10.7. The summed E-state index contributed by atoms with van der Waals surface area (Å²) in [5.74, 6) is 0.709. The molecule has 0 aliphatic rings. The maximum absolute atomic E-state index is 12.9. The number of aryl methyl sites for hydroxylation is 1. The third-order valence-electron chi connectivity index (χ3n) is 4.53. The monoisotopic (exact) mass is 465 g/mol. The molecule has 0 bridgehead atoms. The second-order valence-corrected chi connectivity index (χ2v) is 8.11. The number of hydrogen-bond acceptors (Lipinski definition) is 5. The maximum Gasteiger partial charge on any atom is 0.262 e. The zero-order chi connectivity index (χ0) is 23.5. The first-order valence-corrected chi connectivity index (χ1v) is 11.4. The molecule has 0 heterocycles. The first-order valence-electron chi connectivity index (χ1n) is 10.2. The number of nitrogens with zero attached hydrogens (tertiary/aromatic N) is 1. The standard InChI is InChI=1S/C25H24FN3O3S/c1-18-4-2-3-5-20(18)16-33-17-25(31)29-27-14-19-6-12-23(13-7-19)32-15-24(30)28-22-10-8-21(26)9-11-22/h2-14H,15-17H2,1H3,(H,28,30)(H,29,31)/b27-14-. The summed E-state index contributed by atoms with van der Waals surface area (Å²) in [6.07, 6.45) is 1.54. The van der Waals surface area contributed by atoms with Crippen molar-refractivity contribution < 1.29 is 18.7 Å². The molecule has 0 saturated heterocycles. The van der Waals surface area contributed by atoms with Gasteiger partial charge in [-0.3, -0.25) is 9.59 Å². The van der Waals surface area contributed by atoms with Crippen LogP contribution in [0.4, 0.5) is 10.1 Å². The Morgan fingerprint density at radius 3 is 2.45 bits per heavy atom. The molecule has 0 aliphatic heterocycles. The zero-order valence-electron chi connectivity index (χ0n) is 18.1. The predicted molar refractivity (Wildman–Crippen MR) is 130 cm³/mol. The average Bonchev–Trinajstić information content (AvgIpc) is 2.81. The number of amides is 2. The molecule has 2 N–H and O–H groups in total. The topological polar surface area (TPSA) is 79.8 Å². The SMILES string of the molecule is Cc1ccccc1CSCC(=O)N/N=C\c1ccc(OCC(=O)Nc2ccc(F)cc2)cc1. The van der Waals surface area contributed by atoms with Gasteiger partial charge in [0.15, 0.2) is 6.61 Å². The Morgan fingerprint density at radius 2 is 1.73 bits per heavy atom. The highest BCUT2D eigenvalue weighted by atomic mass is 32.2. The number of ether oxygens (including phenoxy) is 1. The Hall–Kier alpha value is -3.65. The summed E-state index contributed by atoms with van der Waals surface area (Å²) in [6, 6.07) is 20.5. The van der Waals surface area contributed by atoms with Gasteiger partial charge in [0.2, 0.25) is 5.91 Å². The van der Waals surface area contributed by atoms with Gasteiger partial charge in [0, 0.05) is 11.4 Å². The van der Waals surface area contributed by atoms with Gasteiger partial charge in [-0.1, -0.05) is 24.3 Å². The van der Waals surface area contributed by atoms with E-state index in [0.29, 0.717) is 17.2 Å². The van der Waals surface area contributed by atoms with E-state index in [1.165, 1.54) is 53.4 Å². The van der Waals surface area contributed by atoms with Crippen LogP contribution < -0.4 is 15.5 Å². The molecule has 2 amide bonds. The largest absolute Gasteiger partial charge is 0.484 e. The molecule has 6 nitrogen and oxygen atoms in total. The number of rotatable bonds is 10. The fraction of sp³-hybridized carbons (Fsp3) is 0.160. The van der Waals surface area contributed by atoms with Crippen molar-refractivity contribution in [3.8, 4) is 5.75 Å². The number of hydrazone groups is 1. The lowest BCUT2D eigenvalue weighted by Gasteiger charge is -2.07. The number of carbonyl (C=O) groups is 2. The highest BCUT2D eigenvalue weighted by Gasteiger charge is 2.05. The number of halogens is 1. The minimum atomic E-state index is -0.371. The fourth-order valence-electron chi connectivity index (χ4n) is 2.77. The lowest BCUT2D eigenvalue weighted by atomic mass is 10.1. The van der Waals surface area contributed by atoms with Crippen LogP contribution in [0, 0.1) is 12.7 Å². The second-order valence-electron chi connectivity index (χ2n) is 7.13. The molecule has 3 aromatic rings. The van der Waals surface area contributed by atoms with Gasteiger partial charge >= 0.3 is 0 Å². The van der Waals surface area contributed by atoms with Crippen LogP contribution in [0.1, 0.15) is 16.7 Å². The van der Waals surface area contributed by atoms with Crippen LogP contribution in [0.25, 0.3) is 0 Å². The molecule has 0 aliphatic carbocycles. The number of anilines is 1. The van der Waals surface area contributed by atoms with E-state index in [9.17, 15) is 14.0 Å². The summed E-state index contributed by atoms with van der Waals surface area (Å²) in [5, 5.41) is 6.59. The minimum Gasteiger partial charge on any atom is -0.484 e. The highest BCUT2D eigenvalue weighted by molar-refractivity contribution is 7.99. The van der Waals surface area contributed by atoms with E-state index in [-0.39, 0.29) is 24.2 Å². The van der Waals surface area contributed by atoms with Crippen LogP contribution in [-0.2, 0) is 15.3 Å².